The van der Waals surface area contributed by atoms with Crippen LogP contribution in [0.3, 0.4) is 0 Å². The minimum absolute atomic E-state index is 0.324. The summed E-state index contributed by atoms with van der Waals surface area (Å²) in [6, 6.07) is 4.03. The average Bonchev–Trinajstić information content (AvgIpc) is 1.94. The Balaban J connectivity index is 3.15. The van der Waals surface area contributed by atoms with Gasteiger partial charge in [0.1, 0.15) is 5.82 Å². The zero-order valence-electron chi connectivity index (χ0n) is 6.10. The van der Waals surface area contributed by atoms with E-state index in [1.54, 1.807) is 6.92 Å². The number of nitrogens with two attached hydrogens (primary N) is 1. The SMILES string of the molecule is Cc1cc(C(N)=O)ccc1F. The lowest BCUT2D eigenvalue weighted by molar-refractivity contribution is 0.1000. The number of amides is 1. The second-order valence-electron chi connectivity index (χ2n) is 2.33. The third kappa shape index (κ3) is 1.55. The minimum atomic E-state index is -0.534. The van der Waals surface area contributed by atoms with Crippen molar-refractivity contribution in [2.75, 3.05) is 0 Å². The maximum absolute atomic E-state index is 12.6. The van der Waals surface area contributed by atoms with E-state index in [0.29, 0.717) is 11.1 Å². The van der Waals surface area contributed by atoms with Crippen molar-refractivity contribution < 1.29 is 9.18 Å². The summed E-state index contributed by atoms with van der Waals surface area (Å²) in [6.07, 6.45) is 0. The second kappa shape index (κ2) is 2.70. The molecule has 2 nitrogen and oxygen atoms in total. The van der Waals surface area contributed by atoms with E-state index in [1.807, 2.05) is 0 Å². The number of halogens is 1. The molecule has 3 heteroatoms. The van der Waals surface area contributed by atoms with Gasteiger partial charge in [0.25, 0.3) is 0 Å². The van der Waals surface area contributed by atoms with Crippen LogP contribution in [0.25, 0.3) is 0 Å². The van der Waals surface area contributed by atoms with Gasteiger partial charge < -0.3 is 5.73 Å². The molecule has 0 aliphatic rings. The molecule has 1 aromatic rings. The van der Waals surface area contributed by atoms with Crippen molar-refractivity contribution in [2.45, 2.75) is 6.92 Å². The monoisotopic (exact) mass is 153 g/mol. The van der Waals surface area contributed by atoms with Crippen molar-refractivity contribution in [3.05, 3.63) is 35.1 Å². The molecule has 0 radical (unpaired) electrons. The van der Waals surface area contributed by atoms with Crippen LogP contribution >= 0.6 is 0 Å². The summed E-state index contributed by atoms with van der Waals surface area (Å²) in [5.74, 6) is -0.858. The topological polar surface area (TPSA) is 43.1 Å². The summed E-state index contributed by atoms with van der Waals surface area (Å²) in [7, 11) is 0. The quantitative estimate of drug-likeness (QED) is 0.647. The van der Waals surface area contributed by atoms with Crippen molar-refractivity contribution in [3.63, 3.8) is 0 Å². The maximum Gasteiger partial charge on any atom is 0.248 e. The first-order chi connectivity index (χ1) is 5.11. The zero-order valence-corrected chi connectivity index (χ0v) is 6.10. The number of rotatable bonds is 1. The molecule has 0 saturated heterocycles. The molecule has 11 heavy (non-hydrogen) atoms. The van der Waals surface area contributed by atoms with Crippen molar-refractivity contribution in [1.82, 2.24) is 0 Å². The first-order valence-corrected chi connectivity index (χ1v) is 3.17. The van der Waals surface area contributed by atoms with Crippen molar-refractivity contribution >= 4 is 5.91 Å². The molecular formula is C8H8FNO. The fourth-order valence-electron chi connectivity index (χ4n) is 0.798. The molecule has 2 N–H and O–H groups in total. The highest BCUT2D eigenvalue weighted by molar-refractivity contribution is 5.92. The molecule has 1 amide bonds. The number of carbonyl (C=O) groups excluding carboxylic acids is 1. The smallest absolute Gasteiger partial charge is 0.248 e. The van der Waals surface area contributed by atoms with Crippen LogP contribution in [-0.2, 0) is 0 Å². The van der Waals surface area contributed by atoms with Gasteiger partial charge in [0, 0.05) is 5.56 Å². The molecule has 0 atom stereocenters. The van der Waals surface area contributed by atoms with E-state index in [0.717, 1.165) is 0 Å². The Morgan fingerprint density at radius 3 is 2.64 bits per heavy atom. The lowest BCUT2D eigenvalue weighted by Gasteiger charge is -1.97. The van der Waals surface area contributed by atoms with E-state index in [1.165, 1.54) is 18.2 Å². The Morgan fingerprint density at radius 2 is 2.18 bits per heavy atom. The van der Waals surface area contributed by atoms with Gasteiger partial charge >= 0.3 is 0 Å². The van der Waals surface area contributed by atoms with Gasteiger partial charge in [-0.3, -0.25) is 4.79 Å². The van der Waals surface area contributed by atoms with Crippen LogP contribution in [0.4, 0.5) is 4.39 Å². The molecule has 0 spiro atoms. The molecule has 0 saturated carbocycles. The summed E-state index contributed by atoms with van der Waals surface area (Å²) in [4.78, 5) is 10.6. The first kappa shape index (κ1) is 7.72. The van der Waals surface area contributed by atoms with E-state index >= 15 is 0 Å². The number of primary amides is 1. The fourth-order valence-corrected chi connectivity index (χ4v) is 0.798. The van der Waals surface area contributed by atoms with Crippen molar-refractivity contribution in [2.24, 2.45) is 5.73 Å². The Hall–Kier alpha value is -1.38. The number of aryl methyl sites for hydroxylation is 1. The molecular weight excluding hydrogens is 145 g/mol. The number of carbonyl (C=O) groups is 1. The standard InChI is InChI=1S/C8H8FNO/c1-5-4-6(8(10)11)2-3-7(5)9/h2-4H,1H3,(H2,10,11). The predicted molar refractivity (Wildman–Crippen MR) is 39.7 cm³/mol. The summed E-state index contributed by atoms with van der Waals surface area (Å²) in [6.45, 7) is 1.59. The van der Waals surface area contributed by atoms with E-state index in [9.17, 15) is 9.18 Å². The van der Waals surface area contributed by atoms with Crippen LogP contribution in [0.1, 0.15) is 15.9 Å². The molecule has 1 aromatic carbocycles. The summed E-state index contributed by atoms with van der Waals surface area (Å²) < 4.78 is 12.6. The summed E-state index contributed by atoms with van der Waals surface area (Å²) in [5.41, 5.74) is 5.74. The highest BCUT2D eigenvalue weighted by Gasteiger charge is 2.02. The van der Waals surface area contributed by atoms with Crippen LogP contribution in [0.2, 0.25) is 0 Å². The average molecular weight is 153 g/mol. The summed E-state index contributed by atoms with van der Waals surface area (Å²) >= 11 is 0. The number of benzene rings is 1. The fraction of sp³-hybridized carbons (Fsp3) is 0.125. The molecule has 0 bridgehead atoms. The minimum Gasteiger partial charge on any atom is -0.366 e. The maximum atomic E-state index is 12.6. The van der Waals surface area contributed by atoms with E-state index in [4.69, 9.17) is 5.73 Å². The Labute approximate surface area is 63.8 Å². The molecule has 0 unspecified atom stereocenters. The third-order valence-corrected chi connectivity index (χ3v) is 1.44. The molecule has 0 aliphatic heterocycles. The van der Waals surface area contributed by atoms with Gasteiger partial charge in [-0.25, -0.2) is 4.39 Å². The number of hydrogen-bond donors (Lipinski definition) is 1. The largest absolute Gasteiger partial charge is 0.366 e. The van der Waals surface area contributed by atoms with Gasteiger partial charge in [-0.05, 0) is 30.7 Å². The first-order valence-electron chi connectivity index (χ1n) is 3.17. The van der Waals surface area contributed by atoms with Crippen LogP contribution < -0.4 is 5.73 Å². The second-order valence-corrected chi connectivity index (χ2v) is 2.33. The van der Waals surface area contributed by atoms with E-state index < -0.39 is 5.91 Å². The lowest BCUT2D eigenvalue weighted by atomic mass is 10.1. The van der Waals surface area contributed by atoms with Gasteiger partial charge in [0.15, 0.2) is 0 Å². The third-order valence-electron chi connectivity index (χ3n) is 1.44. The Bertz CT molecular complexity index is 296. The molecule has 1 rings (SSSR count). The highest BCUT2D eigenvalue weighted by atomic mass is 19.1. The molecule has 58 valence electrons. The lowest BCUT2D eigenvalue weighted by Crippen LogP contribution is -2.11. The zero-order chi connectivity index (χ0) is 8.43. The van der Waals surface area contributed by atoms with Crippen LogP contribution in [0.15, 0.2) is 18.2 Å². The van der Waals surface area contributed by atoms with Crippen LogP contribution in [0, 0.1) is 12.7 Å². The van der Waals surface area contributed by atoms with Gasteiger partial charge in [0.2, 0.25) is 5.91 Å². The molecule has 0 aliphatic carbocycles. The van der Waals surface area contributed by atoms with Gasteiger partial charge in [0.05, 0.1) is 0 Å². The Kier molecular flexibility index (Phi) is 1.89. The summed E-state index contributed by atoms with van der Waals surface area (Å²) in [5, 5.41) is 0. The van der Waals surface area contributed by atoms with Crippen molar-refractivity contribution in [3.8, 4) is 0 Å². The molecule has 0 heterocycles. The van der Waals surface area contributed by atoms with Gasteiger partial charge in [-0.2, -0.15) is 0 Å². The Morgan fingerprint density at radius 1 is 1.55 bits per heavy atom. The van der Waals surface area contributed by atoms with E-state index in [-0.39, 0.29) is 5.82 Å². The van der Waals surface area contributed by atoms with Gasteiger partial charge in [-0.15, -0.1) is 0 Å². The highest BCUT2D eigenvalue weighted by Crippen LogP contribution is 2.07. The molecule has 0 aromatic heterocycles. The van der Waals surface area contributed by atoms with Crippen LogP contribution in [0.5, 0.6) is 0 Å². The van der Waals surface area contributed by atoms with Crippen molar-refractivity contribution in [1.29, 1.82) is 0 Å². The van der Waals surface area contributed by atoms with E-state index in [2.05, 4.69) is 0 Å². The number of hydrogen-bond acceptors (Lipinski definition) is 1. The molecule has 0 fully saturated rings. The van der Waals surface area contributed by atoms with Gasteiger partial charge in [-0.1, -0.05) is 0 Å². The van der Waals surface area contributed by atoms with Crippen LogP contribution in [-0.4, -0.2) is 5.91 Å². The predicted octanol–water partition coefficient (Wildman–Crippen LogP) is 1.23. The normalized spacial score (nSPS) is 9.64.